The van der Waals surface area contributed by atoms with Crippen LogP contribution in [0, 0.1) is 6.92 Å². The second-order valence-electron chi connectivity index (χ2n) is 5.46. The van der Waals surface area contributed by atoms with Crippen molar-refractivity contribution >= 4 is 11.8 Å². The molecule has 110 valence electrons. The molecule has 1 fully saturated rings. The summed E-state index contributed by atoms with van der Waals surface area (Å²) in [6.45, 7) is 9.58. The SMILES string of the molecule is CC(=O)N1CCN(C(=O)c2c(C)noc2C(C)C)CC1. The molecule has 0 radical (unpaired) electrons. The summed E-state index contributed by atoms with van der Waals surface area (Å²) in [6, 6.07) is 0. The third kappa shape index (κ3) is 2.69. The Kier molecular flexibility index (Phi) is 4.11. The standard InChI is InChI=1S/C14H21N3O3/c1-9(2)13-12(10(3)15-20-13)14(19)17-7-5-16(6-8-17)11(4)18/h9H,5-8H2,1-4H3. The van der Waals surface area contributed by atoms with Crippen LogP contribution in [0.2, 0.25) is 0 Å². The third-order valence-corrected chi connectivity index (χ3v) is 3.64. The van der Waals surface area contributed by atoms with Gasteiger partial charge in [0.1, 0.15) is 5.56 Å². The molecule has 1 aliphatic heterocycles. The van der Waals surface area contributed by atoms with Crippen LogP contribution in [-0.4, -0.2) is 52.9 Å². The van der Waals surface area contributed by atoms with Crippen LogP contribution in [0.1, 0.15) is 48.5 Å². The Labute approximate surface area is 118 Å². The summed E-state index contributed by atoms with van der Waals surface area (Å²) in [5.41, 5.74) is 1.21. The van der Waals surface area contributed by atoms with Gasteiger partial charge in [-0.15, -0.1) is 0 Å². The number of aromatic nitrogens is 1. The van der Waals surface area contributed by atoms with Crippen molar-refractivity contribution in [1.29, 1.82) is 0 Å². The van der Waals surface area contributed by atoms with E-state index in [4.69, 9.17) is 4.52 Å². The van der Waals surface area contributed by atoms with Crippen LogP contribution in [0.5, 0.6) is 0 Å². The molecule has 0 spiro atoms. The molecule has 6 nitrogen and oxygen atoms in total. The predicted octanol–water partition coefficient (Wildman–Crippen LogP) is 1.41. The van der Waals surface area contributed by atoms with Crippen molar-refractivity contribution in [3.8, 4) is 0 Å². The Morgan fingerprint density at radius 3 is 2.20 bits per heavy atom. The molecule has 0 saturated carbocycles. The van der Waals surface area contributed by atoms with Crippen molar-refractivity contribution in [3.63, 3.8) is 0 Å². The van der Waals surface area contributed by atoms with E-state index in [0.29, 0.717) is 43.2 Å². The van der Waals surface area contributed by atoms with E-state index in [1.807, 2.05) is 13.8 Å². The van der Waals surface area contributed by atoms with Crippen LogP contribution in [0.3, 0.4) is 0 Å². The van der Waals surface area contributed by atoms with E-state index in [1.54, 1.807) is 23.6 Å². The summed E-state index contributed by atoms with van der Waals surface area (Å²) in [5.74, 6) is 0.770. The summed E-state index contributed by atoms with van der Waals surface area (Å²) in [4.78, 5) is 27.4. The average molecular weight is 279 g/mol. The fourth-order valence-corrected chi connectivity index (χ4v) is 2.42. The Morgan fingerprint density at radius 1 is 1.15 bits per heavy atom. The molecule has 2 amide bonds. The van der Waals surface area contributed by atoms with Crippen LogP contribution < -0.4 is 0 Å². The minimum atomic E-state index is -0.0457. The molecule has 1 saturated heterocycles. The highest BCUT2D eigenvalue weighted by molar-refractivity contribution is 5.96. The molecule has 0 aliphatic carbocycles. The Bertz CT molecular complexity index is 514. The average Bonchev–Trinajstić information content (AvgIpc) is 2.80. The molecule has 0 N–H and O–H groups in total. The molecule has 1 aromatic heterocycles. The van der Waals surface area contributed by atoms with Gasteiger partial charge in [-0.1, -0.05) is 19.0 Å². The molecule has 0 aromatic carbocycles. The Balaban J connectivity index is 2.13. The first-order valence-corrected chi connectivity index (χ1v) is 6.92. The predicted molar refractivity (Wildman–Crippen MR) is 73.5 cm³/mol. The first-order valence-electron chi connectivity index (χ1n) is 6.92. The number of rotatable bonds is 2. The molecule has 0 atom stereocenters. The van der Waals surface area contributed by atoms with Crippen molar-refractivity contribution in [2.24, 2.45) is 0 Å². The number of hydrogen-bond donors (Lipinski definition) is 0. The van der Waals surface area contributed by atoms with Crippen molar-refractivity contribution < 1.29 is 14.1 Å². The molecular weight excluding hydrogens is 258 g/mol. The monoisotopic (exact) mass is 279 g/mol. The number of nitrogens with zero attached hydrogens (tertiary/aromatic N) is 3. The van der Waals surface area contributed by atoms with E-state index in [1.165, 1.54) is 0 Å². The van der Waals surface area contributed by atoms with Gasteiger partial charge in [-0.3, -0.25) is 9.59 Å². The van der Waals surface area contributed by atoms with E-state index in [9.17, 15) is 9.59 Å². The zero-order valence-electron chi connectivity index (χ0n) is 12.5. The highest BCUT2D eigenvalue weighted by Gasteiger charge is 2.29. The fourth-order valence-electron chi connectivity index (χ4n) is 2.42. The maximum absolute atomic E-state index is 12.6. The van der Waals surface area contributed by atoms with Crippen LogP contribution in [0.25, 0.3) is 0 Å². The van der Waals surface area contributed by atoms with Gasteiger partial charge in [0.15, 0.2) is 5.76 Å². The van der Waals surface area contributed by atoms with Crippen LogP contribution in [-0.2, 0) is 4.79 Å². The number of hydrogen-bond acceptors (Lipinski definition) is 4. The van der Waals surface area contributed by atoms with Gasteiger partial charge in [0.05, 0.1) is 5.69 Å². The second kappa shape index (κ2) is 5.64. The minimum Gasteiger partial charge on any atom is -0.360 e. The van der Waals surface area contributed by atoms with Crippen LogP contribution in [0.4, 0.5) is 0 Å². The summed E-state index contributed by atoms with van der Waals surface area (Å²) in [5, 5.41) is 3.91. The van der Waals surface area contributed by atoms with Crippen molar-refractivity contribution in [2.75, 3.05) is 26.2 Å². The number of carbonyl (C=O) groups excluding carboxylic acids is 2. The quantitative estimate of drug-likeness (QED) is 0.821. The van der Waals surface area contributed by atoms with Gasteiger partial charge in [0.25, 0.3) is 5.91 Å². The highest BCUT2D eigenvalue weighted by Crippen LogP contribution is 2.24. The van der Waals surface area contributed by atoms with Gasteiger partial charge < -0.3 is 14.3 Å². The lowest BCUT2D eigenvalue weighted by molar-refractivity contribution is -0.130. The van der Waals surface area contributed by atoms with Crippen molar-refractivity contribution in [3.05, 3.63) is 17.0 Å². The number of aryl methyl sites for hydroxylation is 1. The lowest BCUT2D eigenvalue weighted by atomic mass is 10.0. The maximum Gasteiger partial charge on any atom is 0.259 e. The molecule has 1 aromatic rings. The molecule has 6 heteroatoms. The Hall–Kier alpha value is -1.85. The Morgan fingerprint density at radius 2 is 1.70 bits per heavy atom. The molecule has 0 unspecified atom stereocenters. The van der Waals surface area contributed by atoms with Crippen LogP contribution in [0.15, 0.2) is 4.52 Å². The van der Waals surface area contributed by atoms with Gasteiger partial charge in [0.2, 0.25) is 5.91 Å². The van der Waals surface area contributed by atoms with E-state index < -0.39 is 0 Å². The lowest BCUT2D eigenvalue weighted by Gasteiger charge is -2.34. The first-order chi connectivity index (χ1) is 9.41. The zero-order valence-corrected chi connectivity index (χ0v) is 12.5. The summed E-state index contributed by atoms with van der Waals surface area (Å²) < 4.78 is 5.27. The molecular formula is C14H21N3O3. The molecule has 2 heterocycles. The number of piperazine rings is 1. The maximum atomic E-state index is 12.6. The molecule has 20 heavy (non-hydrogen) atoms. The normalized spacial score (nSPS) is 15.8. The van der Waals surface area contributed by atoms with Crippen LogP contribution >= 0.6 is 0 Å². The topological polar surface area (TPSA) is 66.7 Å². The largest absolute Gasteiger partial charge is 0.360 e. The summed E-state index contributed by atoms with van der Waals surface area (Å²) in [7, 11) is 0. The van der Waals surface area contributed by atoms with Crippen molar-refractivity contribution in [1.82, 2.24) is 15.0 Å². The highest BCUT2D eigenvalue weighted by atomic mass is 16.5. The lowest BCUT2D eigenvalue weighted by Crippen LogP contribution is -2.50. The number of amides is 2. The van der Waals surface area contributed by atoms with Gasteiger partial charge >= 0.3 is 0 Å². The second-order valence-corrected chi connectivity index (χ2v) is 5.46. The molecule has 1 aliphatic rings. The van der Waals surface area contributed by atoms with E-state index >= 15 is 0 Å². The summed E-state index contributed by atoms with van der Waals surface area (Å²) >= 11 is 0. The van der Waals surface area contributed by atoms with Gasteiger partial charge in [-0.2, -0.15) is 0 Å². The van der Waals surface area contributed by atoms with Gasteiger partial charge in [-0.25, -0.2) is 0 Å². The summed E-state index contributed by atoms with van der Waals surface area (Å²) in [6.07, 6.45) is 0. The fraction of sp³-hybridized carbons (Fsp3) is 0.643. The molecule has 2 rings (SSSR count). The number of carbonyl (C=O) groups is 2. The third-order valence-electron chi connectivity index (χ3n) is 3.64. The van der Waals surface area contributed by atoms with E-state index in [0.717, 1.165) is 0 Å². The first kappa shape index (κ1) is 14.6. The molecule has 0 bridgehead atoms. The van der Waals surface area contributed by atoms with E-state index in [-0.39, 0.29) is 17.7 Å². The minimum absolute atomic E-state index is 0.0457. The van der Waals surface area contributed by atoms with Crippen molar-refractivity contribution in [2.45, 2.75) is 33.6 Å². The zero-order chi connectivity index (χ0) is 14.9. The van der Waals surface area contributed by atoms with Gasteiger partial charge in [-0.05, 0) is 6.92 Å². The smallest absolute Gasteiger partial charge is 0.259 e. The van der Waals surface area contributed by atoms with Gasteiger partial charge in [0, 0.05) is 39.0 Å². The van der Waals surface area contributed by atoms with E-state index in [2.05, 4.69) is 5.16 Å².